The fourth-order valence-corrected chi connectivity index (χ4v) is 4.48. The van der Waals surface area contributed by atoms with E-state index >= 15 is 0 Å². The highest BCUT2D eigenvalue weighted by atomic mass is 14.8. The lowest BCUT2D eigenvalue weighted by atomic mass is 9.94. The number of aromatic amines is 1. The second-order valence-electron chi connectivity index (χ2n) is 7.95. The predicted molar refractivity (Wildman–Crippen MR) is 136 cm³/mol. The third-order valence-electron chi connectivity index (χ3n) is 5.96. The summed E-state index contributed by atoms with van der Waals surface area (Å²) in [7, 11) is 0. The summed E-state index contributed by atoms with van der Waals surface area (Å²) in [6.45, 7) is 0. The molecule has 0 fully saturated rings. The lowest BCUT2D eigenvalue weighted by Crippen LogP contribution is -1.91. The molecule has 3 heteroatoms. The summed E-state index contributed by atoms with van der Waals surface area (Å²) in [4.78, 5) is 13.4. The normalized spacial score (nSPS) is 11.0. The third-order valence-corrected chi connectivity index (χ3v) is 5.96. The first kappa shape index (κ1) is 19.2. The van der Waals surface area contributed by atoms with Crippen LogP contribution in [0.15, 0.2) is 122 Å². The van der Waals surface area contributed by atoms with Crippen LogP contribution in [0.2, 0.25) is 0 Å². The van der Waals surface area contributed by atoms with E-state index in [0.29, 0.717) is 0 Å². The van der Waals surface area contributed by atoms with Gasteiger partial charge in [-0.05, 0) is 34.7 Å². The molecule has 0 unspecified atom stereocenters. The van der Waals surface area contributed by atoms with Crippen LogP contribution in [0.1, 0.15) is 0 Å². The topological polar surface area (TPSA) is 41.6 Å². The predicted octanol–water partition coefficient (Wildman–Crippen LogP) is 7.63. The first-order valence-electron chi connectivity index (χ1n) is 11.0. The first-order chi connectivity index (χ1) is 16.4. The van der Waals surface area contributed by atoms with E-state index in [0.717, 1.165) is 55.8 Å². The van der Waals surface area contributed by atoms with Crippen LogP contribution in [0.3, 0.4) is 0 Å². The number of fused-ring (bicyclic) bond motifs is 1. The molecule has 6 rings (SSSR count). The minimum Gasteiger partial charge on any atom is -0.352 e. The van der Waals surface area contributed by atoms with Gasteiger partial charge in [0.1, 0.15) is 0 Å². The molecule has 156 valence electrons. The Hall–Kier alpha value is -4.50. The molecular weight excluding hydrogens is 402 g/mol. The van der Waals surface area contributed by atoms with E-state index in [9.17, 15) is 0 Å². The first-order valence-corrected chi connectivity index (χ1v) is 11.0. The van der Waals surface area contributed by atoms with Gasteiger partial charge in [-0.3, -0.25) is 9.97 Å². The Morgan fingerprint density at radius 2 is 1.18 bits per heavy atom. The van der Waals surface area contributed by atoms with Crippen molar-refractivity contribution in [3.05, 3.63) is 122 Å². The fraction of sp³-hybridized carbons (Fsp3) is 0. The molecule has 0 aliphatic carbocycles. The van der Waals surface area contributed by atoms with E-state index < -0.39 is 0 Å². The number of pyridine rings is 2. The van der Waals surface area contributed by atoms with Crippen molar-refractivity contribution in [3.8, 4) is 45.0 Å². The Balaban J connectivity index is 1.76. The van der Waals surface area contributed by atoms with Crippen molar-refractivity contribution >= 4 is 10.8 Å². The van der Waals surface area contributed by atoms with Gasteiger partial charge < -0.3 is 4.98 Å². The van der Waals surface area contributed by atoms with Gasteiger partial charge in [0.2, 0.25) is 0 Å². The number of aromatic nitrogens is 3. The van der Waals surface area contributed by atoms with E-state index in [1.54, 1.807) is 0 Å². The number of hydrogen-bond acceptors (Lipinski definition) is 2. The smallest absolute Gasteiger partial charge is 0.0949 e. The van der Waals surface area contributed by atoms with Gasteiger partial charge in [-0.2, -0.15) is 0 Å². The molecule has 3 nitrogen and oxygen atoms in total. The molecule has 3 aromatic carbocycles. The summed E-state index contributed by atoms with van der Waals surface area (Å²) in [5.74, 6) is 0. The van der Waals surface area contributed by atoms with E-state index in [-0.39, 0.29) is 0 Å². The lowest BCUT2D eigenvalue weighted by molar-refractivity contribution is 1.29. The summed E-state index contributed by atoms with van der Waals surface area (Å²) in [6, 6.07) is 37.5. The highest BCUT2D eigenvalue weighted by molar-refractivity contribution is 6.04. The Morgan fingerprint density at radius 1 is 0.485 bits per heavy atom. The Kier molecular flexibility index (Phi) is 4.78. The van der Waals surface area contributed by atoms with Crippen molar-refractivity contribution in [1.29, 1.82) is 0 Å². The molecule has 3 aromatic heterocycles. The second kappa shape index (κ2) is 8.21. The van der Waals surface area contributed by atoms with Crippen LogP contribution < -0.4 is 0 Å². The summed E-state index contributed by atoms with van der Waals surface area (Å²) in [5, 5.41) is 2.27. The Bertz CT molecular complexity index is 1530. The Labute approximate surface area is 192 Å². The summed E-state index contributed by atoms with van der Waals surface area (Å²) >= 11 is 0. The molecule has 1 N–H and O–H groups in total. The van der Waals surface area contributed by atoms with Crippen molar-refractivity contribution in [3.63, 3.8) is 0 Å². The van der Waals surface area contributed by atoms with Crippen LogP contribution in [0.4, 0.5) is 0 Å². The zero-order valence-electron chi connectivity index (χ0n) is 17.9. The van der Waals surface area contributed by atoms with Crippen LogP contribution >= 0.6 is 0 Å². The average molecular weight is 424 g/mol. The number of hydrogen-bond donors (Lipinski definition) is 1. The van der Waals surface area contributed by atoms with Crippen molar-refractivity contribution in [2.45, 2.75) is 0 Å². The van der Waals surface area contributed by atoms with Gasteiger partial charge in [-0.15, -0.1) is 0 Å². The summed E-state index contributed by atoms with van der Waals surface area (Å²) in [5.41, 5.74) is 8.33. The molecule has 0 amide bonds. The second-order valence-corrected chi connectivity index (χ2v) is 7.95. The van der Waals surface area contributed by atoms with Gasteiger partial charge in [0.25, 0.3) is 0 Å². The number of benzene rings is 3. The van der Waals surface area contributed by atoms with Crippen LogP contribution in [0.25, 0.3) is 55.8 Å². The number of nitrogens with zero attached hydrogens (tertiary/aromatic N) is 2. The van der Waals surface area contributed by atoms with E-state index in [1.165, 1.54) is 0 Å². The van der Waals surface area contributed by atoms with Gasteiger partial charge in [-0.25, -0.2) is 0 Å². The highest BCUT2D eigenvalue weighted by Gasteiger charge is 2.24. The molecule has 33 heavy (non-hydrogen) atoms. The zero-order valence-corrected chi connectivity index (χ0v) is 17.9. The molecule has 0 aliphatic heterocycles. The van der Waals surface area contributed by atoms with Gasteiger partial charge in [0, 0.05) is 28.9 Å². The standard InChI is InChI=1S/C30H21N3/c1-3-12-22(13-4-1)26-27(25-17-9-10-19-31-25)30(33-28(26)23-14-5-2-6-15-23)29-24-16-8-7-11-21(24)18-20-32-29/h1-20,33H. The van der Waals surface area contributed by atoms with Crippen molar-refractivity contribution in [1.82, 2.24) is 15.0 Å². The van der Waals surface area contributed by atoms with Crippen LogP contribution in [-0.2, 0) is 0 Å². The van der Waals surface area contributed by atoms with Crippen molar-refractivity contribution in [2.24, 2.45) is 0 Å². The molecule has 0 saturated carbocycles. The minimum absolute atomic E-state index is 0.916. The largest absolute Gasteiger partial charge is 0.352 e. The maximum Gasteiger partial charge on any atom is 0.0949 e. The molecule has 0 atom stereocenters. The van der Waals surface area contributed by atoms with E-state index in [1.807, 2.05) is 36.7 Å². The monoisotopic (exact) mass is 423 g/mol. The zero-order chi connectivity index (χ0) is 22.0. The maximum atomic E-state index is 4.85. The van der Waals surface area contributed by atoms with E-state index in [2.05, 4.69) is 89.9 Å². The third kappa shape index (κ3) is 3.40. The number of H-pyrrole nitrogens is 1. The summed E-state index contributed by atoms with van der Waals surface area (Å²) < 4.78 is 0. The van der Waals surface area contributed by atoms with E-state index in [4.69, 9.17) is 9.97 Å². The van der Waals surface area contributed by atoms with Gasteiger partial charge in [0.05, 0.1) is 22.8 Å². The number of rotatable bonds is 4. The Morgan fingerprint density at radius 3 is 1.94 bits per heavy atom. The summed E-state index contributed by atoms with van der Waals surface area (Å²) in [6.07, 6.45) is 3.73. The van der Waals surface area contributed by atoms with Gasteiger partial charge >= 0.3 is 0 Å². The molecule has 0 aliphatic rings. The fourth-order valence-electron chi connectivity index (χ4n) is 4.48. The average Bonchev–Trinajstić information content (AvgIpc) is 3.30. The van der Waals surface area contributed by atoms with Crippen molar-refractivity contribution in [2.75, 3.05) is 0 Å². The molecule has 0 bridgehead atoms. The maximum absolute atomic E-state index is 4.85. The lowest BCUT2D eigenvalue weighted by Gasteiger charge is -2.10. The van der Waals surface area contributed by atoms with Crippen molar-refractivity contribution < 1.29 is 0 Å². The minimum atomic E-state index is 0.916. The quantitative estimate of drug-likeness (QED) is 0.317. The highest BCUT2D eigenvalue weighted by Crippen LogP contribution is 2.46. The SMILES string of the molecule is c1ccc(-c2[nH]c(-c3nccc4ccccc34)c(-c3ccccn3)c2-c2ccccc2)cc1. The molecule has 6 aromatic rings. The molecule has 3 heterocycles. The number of nitrogens with one attached hydrogen (secondary N) is 1. The van der Waals surface area contributed by atoms with Crippen LogP contribution in [0, 0.1) is 0 Å². The molecular formula is C30H21N3. The molecule has 0 saturated heterocycles. The molecule has 0 radical (unpaired) electrons. The van der Waals surface area contributed by atoms with Crippen LogP contribution in [0.5, 0.6) is 0 Å². The molecule has 0 spiro atoms. The van der Waals surface area contributed by atoms with Gasteiger partial charge in [-0.1, -0.05) is 91.0 Å². The van der Waals surface area contributed by atoms with Gasteiger partial charge in [0.15, 0.2) is 0 Å². The van der Waals surface area contributed by atoms with Crippen LogP contribution in [-0.4, -0.2) is 15.0 Å².